The number of hydrogen-bond donors (Lipinski definition) is 2. The number of nitrogens with zero attached hydrogens (tertiary/aromatic N) is 1. The predicted octanol–water partition coefficient (Wildman–Crippen LogP) is 6.92. The van der Waals surface area contributed by atoms with Crippen LogP contribution in [0, 0.1) is 11.6 Å². The lowest BCUT2D eigenvalue weighted by molar-refractivity contribution is -0.137. The third-order valence-electron chi connectivity index (χ3n) is 6.45. The van der Waals surface area contributed by atoms with Crippen LogP contribution < -0.4 is 5.32 Å². The first kappa shape index (κ1) is 27.1. The fraction of sp³-hybridized carbons (Fsp3) is 0.269. The van der Waals surface area contributed by atoms with E-state index in [4.69, 9.17) is 0 Å². The van der Waals surface area contributed by atoms with Gasteiger partial charge in [-0.3, -0.25) is 9.78 Å². The van der Waals surface area contributed by atoms with E-state index >= 15 is 4.39 Å². The molecule has 5 nitrogen and oxygen atoms in total. The molecule has 0 atom stereocenters. The van der Waals surface area contributed by atoms with Crippen LogP contribution in [0.15, 0.2) is 48.7 Å². The second-order valence-electron chi connectivity index (χ2n) is 8.90. The number of benzene rings is 2. The summed E-state index contributed by atoms with van der Waals surface area (Å²) in [6.45, 7) is 1.25. The molecule has 1 amide bonds. The average Bonchev–Trinajstić information content (AvgIpc) is 3.65. The van der Waals surface area contributed by atoms with Crippen molar-refractivity contribution in [3.63, 3.8) is 0 Å². The van der Waals surface area contributed by atoms with E-state index in [0.717, 1.165) is 36.5 Å². The molecule has 0 aliphatic heterocycles. The molecule has 0 radical (unpaired) electrons. The molecule has 0 saturated heterocycles. The quantitative estimate of drug-likeness (QED) is 0.319. The molecule has 1 aromatic heterocycles. The standard InChI is InChI=1S/C26H19F7N2O3/c1-2-25(29,30)20-6-3-13(12-34-20)21-16(22(36)37)10-15(11-19(21)28)35-23(38)24(7-8-24)17-5-4-14(9-18(17)27)26(31,32)33/h3-6,9-12H,2,7-8H2,1H3,(H,35,38)(H,36,37). The monoisotopic (exact) mass is 540 g/mol. The number of hydrogen-bond acceptors (Lipinski definition) is 3. The van der Waals surface area contributed by atoms with Gasteiger partial charge >= 0.3 is 12.1 Å². The Balaban J connectivity index is 1.65. The van der Waals surface area contributed by atoms with Crippen LogP contribution in [0.4, 0.5) is 36.4 Å². The van der Waals surface area contributed by atoms with Gasteiger partial charge in [-0.05, 0) is 43.2 Å². The van der Waals surface area contributed by atoms with Crippen LogP contribution in [0.5, 0.6) is 0 Å². The summed E-state index contributed by atoms with van der Waals surface area (Å²) >= 11 is 0. The van der Waals surface area contributed by atoms with Crippen molar-refractivity contribution in [1.29, 1.82) is 0 Å². The molecule has 1 aliphatic rings. The lowest BCUT2D eigenvalue weighted by Gasteiger charge is -2.19. The molecule has 2 N–H and O–H groups in total. The summed E-state index contributed by atoms with van der Waals surface area (Å²) in [6, 6.07) is 5.60. The number of carbonyl (C=O) groups excluding carboxylic acids is 1. The van der Waals surface area contributed by atoms with Gasteiger partial charge in [0.25, 0.3) is 5.92 Å². The van der Waals surface area contributed by atoms with Crippen LogP contribution in [0.25, 0.3) is 11.1 Å². The van der Waals surface area contributed by atoms with Crippen LogP contribution in [-0.4, -0.2) is 22.0 Å². The van der Waals surface area contributed by atoms with E-state index < -0.39 is 69.8 Å². The Morgan fingerprint density at radius 3 is 2.18 bits per heavy atom. The van der Waals surface area contributed by atoms with Gasteiger partial charge in [0.05, 0.1) is 16.5 Å². The van der Waals surface area contributed by atoms with Crippen molar-refractivity contribution in [2.75, 3.05) is 5.32 Å². The molecule has 0 bridgehead atoms. The summed E-state index contributed by atoms with van der Waals surface area (Å²) in [4.78, 5) is 28.5. The van der Waals surface area contributed by atoms with Gasteiger partial charge in [0.2, 0.25) is 5.91 Å². The van der Waals surface area contributed by atoms with Crippen molar-refractivity contribution in [1.82, 2.24) is 4.98 Å². The number of carboxylic acid groups (broad SMARTS) is 1. The highest BCUT2D eigenvalue weighted by atomic mass is 19.4. The van der Waals surface area contributed by atoms with Gasteiger partial charge in [0.15, 0.2) is 0 Å². The highest BCUT2D eigenvalue weighted by molar-refractivity contribution is 6.03. The van der Waals surface area contributed by atoms with Gasteiger partial charge in [-0.1, -0.05) is 19.1 Å². The zero-order valence-electron chi connectivity index (χ0n) is 19.6. The van der Waals surface area contributed by atoms with Gasteiger partial charge < -0.3 is 10.4 Å². The maximum Gasteiger partial charge on any atom is 0.416 e. The van der Waals surface area contributed by atoms with Crippen molar-refractivity contribution in [3.05, 3.63) is 82.7 Å². The first-order valence-electron chi connectivity index (χ1n) is 11.3. The van der Waals surface area contributed by atoms with Crippen molar-refractivity contribution >= 4 is 17.6 Å². The molecule has 38 heavy (non-hydrogen) atoms. The third kappa shape index (κ3) is 4.94. The van der Waals surface area contributed by atoms with E-state index in [1.54, 1.807) is 0 Å². The molecule has 1 fully saturated rings. The molecule has 12 heteroatoms. The van der Waals surface area contributed by atoms with Gasteiger partial charge in [-0.25, -0.2) is 13.6 Å². The Morgan fingerprint density at radius 2 is 1.68 bits per heavy atom. The van der Waals surface area contributed by atoms with E-state index in [1.165, 1.54) is 6.92 Å². The van der Waals surface area contributed by atoms with E-state index in [2.05, 4.69) is 10.3 Å². The molecular formula is C26H19F7N2O3. The minimum atomic E-state index is -4.78. The number of nitrogens with one attached hydrogen (secondary N) is 1. The van der Waals surface area contributed by atoms with Crippen molar-refractivity contribution < 1.29 is 45.4 Å². The maximum absolute atomic E-state index is 15.1. The minimum Gasteiger partial charge on any atom is -0.478 e. The number of aromatic carboxylic acids is 1. The SMILES string of the molecule is CCC(F)(F)c1ccc(-c2c(F)cc(NC(=O)C3(c4ccc(C(F)(F)F)cc4F)CC3)cc2C(=O)O)cn1. The molecule has 2 aromatic carbocycles. The summed E-state index contributed by atoms with van der Waals surface area (Å²) in [5, 5.41) is 12.0. The largest absolute Gasteiger partial charge is 0.478 e. The van der Waals surface area contributed by atoms with Gasteiger partial charge in [0, 0.05) is 35.0 Å². The highest BCUT2D eigenvalue weighted by Gasteiger charge is 2.53. The second kappa shape index (κ2) is 9.41. The Hall–Kier alpha value is -3.96. The molecule has 200 valence electrons. The Bertz CT molecular complexity index is 1420. The average molecular weight is 540 g/mol. The number of carboxylic acids is 1. The Morgan fingerprint density at radius 1 is 1.00 bits per heavy atom. The second-order valence-corrected chi connectivity index (χ2v) is 8.90. The summed E-state index contributed by atoms with van der Waals surface area (Å²) in [5.41, 5.74) is -5.03. The molecule has 0 unspecified atom stereocenters. The van der Waals surface area contributed by atoms with Crippen LogP contribution >= 0.6 is 0 Å². The molecule has 4 rings (SSSR count). The Kier molecular flexibility index (Phi) is 6.71. The van der Waals surface area contributed by atoms with Crippen LogP contribution in [0.2, 0.25) is 0 Å². The normalized spacial score (nSPS) is 14.7. The lowest BCUT2D eigenvalue weighted by Crippen LogP contribution is -2.29. The van der Waals surface area contributed by atoms with E-state index in [-0.39, 0.29) is 35.7 Å². The van der Waals surface area contributed by atoms with E-state index in [0.29, 0.717) is 6.07 Å². The molecule has 1 saturated carbocycles. The molecule has 3 aromatic rings. The number of rotatable bonds is 7. The summed E-state index contributed by atoms with van der Waals surface area (Å²) in [7, 11) is 0. The highest BCUT2D eigenvalue weighted by Crippen LogP contribution is 2.50. The molecule has 1 aliphatic carbocycles. The summed E-state index contributed by atoms with van der Waals surface area (Å²) in [6.07, 6.45) is -4.19. The topological polar surface area (TPSA) is 79.3 Å². The number of alkyl halides is 5. The summed E-state index contributed by atoms with van der Waals surface area (Å²) in [5.74, 6) is -8.01. The molecular weight excluding hydrogens is 521 g/mol. The Labute approximate surface area is 211 Å². The van der Waals surface area contributed by atoms with Gasteiger partial charge in [-0.2, -0.15) is 22.0 Å². The molecule has 1 heterocycles. The molecule has 0 spiro atoms. The third-order valence-corrected chi connectivity index (χ3v) is 6.45. The maximum atomic E-state index is 15.1. The number of halogens is 7. The number of aromatic nitrogens is 1. The first-order chi connectivity index (χ1) is 17.7. The number of carbonyl (C=O) groups is 2. The zero-order valence-corrected chi connectivity index (χ0v) is 19.6. The van der Waals surface area contributed by atoms with Crippen molar-refractivity contribution in [3.8, 4) is 11.1 Å². The number of amides is 1. The van der Waals surface area contributed by atoms with E-state index in [9.17, 15) is 41.0 Å². The predicted molar refractivity (Wildman–Crippen MR) is 122 cm³/mol. The lowest BCUT2D eigenvalue weighted by atomic mass is 9.92. The fourth-order valence-corrected chi connectivity index (χ4v) is 4.15. The van der Waals surface area contributed by atoms with Crippen LogP contribution in [-0.2, 0) is 22.3 Å². The van der Waals surface area contributed by atoms with Crippen molar-refractivity contribution in [2.45, 2.75) is 43.7 Å². The van der Waals surface area contributed by atoms with E-state index in [1.807, 2.05) is 0 Å². The van der Waals surface area contributed by atoms with Gasteiger partial charge in [0.1, 0.15) is 17.3 Å². The minimum absolute atomic E-state index is 0.0982. The number of pyridine rings is 1. The number of anilines is 1. The van der Waals surface area contributed by atoms with Crippen LogP contribution in [0.1, 0.15) is 53.4 Å². The zero-order chi connectivity index (χ0) is 28.0. The van der Waals surface area contributed by atoms with Gasteiger partial charge in [-0.15, -0.1) is 0 Å². The summed E-state index contributed by atoms with van der Waals surface area (Å²) < 4.78 is 96.0. The fourth-order valence-electron chi connectivity index (χ4n) is 4.15. The van der Waals surface area contributed by atoms with Crippen LogP contribution in [0.3, 0.4) is 0 Å². The first-order valence-corrected chi connectivity index (χ1v) is 11.3. The smallest absolute Gasteiger partial charge is 0.416 e. The van der Waals surface area contributed by atoms with Crippen molar-refractivity contribution in [2.24, 2.45) is 0 Å².